The molecule has 2 unspecified atom stereocenters. The number of rotatable bonds is 1. The van der Waals surface area contributed by atoms with E-state index in [9.17, 15) is 0 Å². The van der Waals surface area contributed by atoms with Crippen molar-refractivity contribution < 1.29 is 0 Å². The highest BCUT2D eigenvalue weighted by Crippen LogP contribution is 2.35. The zero-order valence-corrected chi connectivity index (χ0v) is 8.49. The Hall–Kier alpha value is 0.0500. The number of fused-ring (bicyclic) bond motifs is 1. The molecule has 0 aromatic carbocycles. The molecule has 1 N–H and O–H groups in total. The lowest BCUT2D eigenvalue weighted by Crippen LogP contribution is -2.38. The van der Waals surface area contributed by atoms with Crippen molar-refractivity contribution in [1.82, 2.24) is 5.32 Å². The lowest BCUT2D eigenvalue weighted by molar-refractivity contribution is 0.402. The molecule has 0 bridgehead atoms. The fraction of sp³-hybridized carbons (Fsp3) is 0.800. The van der Waals surface area contributed by atoms with Crippen LogP contribution in [0, 0.1) is 5.92 Å². The maximum Gasteiger partial charge on any atom is 0.0748 e. The van der Waals surface area contributed by atoms with E-state index < -0.39 is 0 Å². The van der Waals surface area contributed by atoms with Crippen LogP contribution in [0.2, 0.25) is 0 Å². The van der Waals surface area contributed by atoms with Gasteiger partial charge in [-0.1, -0.05) is 6.08 Å². The predicted molar refractivity (Wildman–Crippen MR) is 55.3 cm³/mol. The van der Waals surface area contributed by atoms with E-state index in [0.717, 1.165) is 5.92 Å². The second-order valence-corrected chi connectivity index (χ2v) is 4.63. The van der Waals surface area contributed by atoms with Crippen molar-refractivity contribution in [2.75, 3.05) is 12.8 Å². The molecule has 68 valence electrons. The third kappa shape index (κ3) is 1.55. The Kier molecular flexibility index (Phi) is 2.76. The maximum atomic E-state index is 3.56. The molecule has 1 nitrogen and oxygen atoms in total. The van der Waals surface area contributed by atoms with Crippen molar-refractivity contribution in [3.63, 3.8) is 0 Å². The molecule has 0 spiro atoms. The van der Waals surface area contributed by atoms with Gasteiger partial charge in [-0.25, -0.2) is 0 Å². The van der Waals surface area contributed by atoms with E-state index in [2.05, 4.69) is 17.6 Å². The fourth-order valence-corrected chi connectivity index (χ4v) is 3.17. The quantitative estimate of drug-likeness (QED) is 0.626. The van der Waals surface area contributed by atoms with E-state index in [4.69, 9.17) is 0 Å². The van der Waals surface area contributed by atoms with E-state index in [1.165, 1.54) is 32.2 Å². The fourth-order valence-electron chi connectivity index (χ4n) is 2.32. The van der Waals surface area contributed by atoms with Gasteiger partial charge in [-0.2, -0.15) is 0 Å². The highest BCUT2D eigenvalue weighted by Gasteiger charge is 2.27. The van der Waals surface area contributed by atoms with Crippen LogP contribution in [0.5, 0.6) is 0 Å². The van der Waals surface area contributed by atoms with Crippen molar-refractivity contribution in [1.29, 1.82) is 0 Å². The molecular weight excluding hydrogens is 166 g/mol. The normalized spacial score (nSPS) is 35.6. The zero-order chi connectivity index (χ0) is 8.39. The molecule has 0 aromatic heterocycles. The molecular formula is C10H17NS. The lowest BCUT2D eigenvalue weighted by atomic mass is 9.83. The molecule has 0 saturated carbocycles. The van der Waals surface area contributed by atoms with Crippen LogP contribution in [0.3, 0.4) is 0 Å². The summed E-state index contributed by atoms with van der Waals surface area (Å²) in [4.78, 5) is 0. The second kappa shape index (κ2) is 3.84. The molecule has 2 rings (SSSR count). The molecule has 0 amide bonds. The standard InChI is InChI=1S/C10H17NS/c1-12-10-9-5-3-2-4-8(9)6-7-11-10/h5,8,10-11H,2-4,6-7H2,1H3. The molecule has 12 heavy (non-hydrogen) atoms. The molecule has 1 heterocycles. The summed E-state index contributed by atoms with van der Waals surface area (Å²) in [5.74, 6) is 0.914. The van der Waals surface area contributed by atoms with Crippen LogP contribution in [-0.2, 0) is 0 Å². The topological polar surface area (TPSA) is 12.0 Å². The molecule has 2 aliphatic rings. The van der Waals surface area contributed by atoms with Gasteiger partial charge in [0, 0.05) is 0 Å². The summed E-state index contributed by atoms with van der Waals surface area (Å²) in [6.07, 6.45) is 10.2. The first kappa shape index (κ1) is 8.64. The Morgan fingerprint density at radius 1 is 1.50 bits per heavy atom. The second-order valence-electron chi connectivity index (χ2n) is 3.69. The third-order valence-electron chi connectivity index (χ3n) is 2.97. The number of allylic oxidation sites excluding steroid dienone is 1. The van der Waals surface area contributed by atoms with Crippen molar-refractivity contribution in [3.05, 3.63) is 11.6 Å². The number of thioether (sulfide) groups is 1. The van der Waals surface area contributed by atoms with Gasteiger partial charge in [0.25, 0.3) is 0 Å². The summed E-state index contributed by atoms with van der Waals surface area (Å²) in [6, 6.07) is 0. The van der Waals surface area contributed by atoms with Crippen LogP contribution in [0.1, 0.15) is 25.7 Å². The molecule has 1 fully saturated rings. The zero-order valence-electron chi connectivity index (χ0n) is 7.68. The van der Waals surface area contributed by atoms with Gasteiger partial charge in [0.05, 0.1) is 5.37 Å². The molecule has 2 heteroatoms. The third-order valence-corrected chi connectivity index (χ3v) is 3.88. The Balaban J connectivity index is 2.12. The van der Waals surface area contributed by atoms with Crippen LogP contribution in [-0.4, -0.2) is 18.2 Å². The average molecular weight is 183 g/mol. The van der Waals surface area contributed by atoms with Crippen molar-refractivity contribution in [2.24, 2.45) is 5.92 Å². The van der Waals surface area contributed by atoms with Gasteiger partial charge in [0.2, 0.25) is 0 Å². The van der Waals surface area contributed by atoms with Crippen LogP contribution in [0.4, 0.5) is 0 Å². The van der Waals surface area contributed by atoms with Crippen molar-refractivity contribution in [3.8, 4) is 0 Å². The van der Waals surface area contributed by atoms with Crippen molar-refractivity contribution in [2.45, 2.75) is 31.1 Å². The van der Waals surface area contributed by atoms with E-state index in [1.807, 2.05) is 11.8 Å². The Morgan fingerprint density at radius 2 is 2.42 bits per heavy atom. The van der Waals surface area contributed by atoms with Crippen LogP contribution < -0.4 is 5.32 Å². The minimum atomic E-state index is 0.629. The number of nitrogens with one attached hydrogen (secondary N) is 1. The summed E-state index contributed by atoms with van der Waals surface area (Å²) in [7, 11) is 0. The largest absolute Gasteiger partial charge is 0.302 e. The Morgan fingerprint density at radius 3 is 3.25 bits per heavy atom. The summed E-state index contributed by atoms with van der Waals surface area (Å²) in [5, 5.41) is 4.19. The van der Waals surface area contributed by atoms with E-state index in [-0.39, 0.29) is 0 Å². The highest BCUT2D eigenvalue weighted by atomic mass is 32.2. The van der Waals surface area contributed by atoms with Crippen LogP contribution in [0.25, 0.3) is 0 Å². The molecule has 2 atom stereocenters. The number of piperidine rings is 1. The van der Waals surface area contributed by atoms with Gasteiger partial charge < -0.3 is 5.32 Å². The van der Waals surface area contributed by atoms with Crippen molar-refractivity contribution >= 4 is 11.8 Å². The minimum Gasteiger partial charge on any atom is -0.302 e. The van der Waals surface area contributed by atoms with Gasteiger partial charge >= 0.3 is 0 Å². The molecule has 1 saturated heterocycles. The minimum absolute atomic E-state index is 0.629. The molecule has 1 aliphatic carbocycles. The highest BCUT2D eigenvalue weighted by molar-refractivity contribution is 7.99. The molecule has 0 radical (unpaired) electrons. The Labute approximate surface area is 79.0 Å². The number of hydrogen-bond acceptors (Lipinski definition) is 2. The predicted octanol–water partition coefficient (Wildman–Crippen LogP) is 2.40. The average Bonchev–Trinajstić information content (AvgIpc) is 2.17. The van der Waals surface area contributed by atoms with Gasteiger partial charge in [-0.15, -0.1) is 11.8 Å². The maximum absolute atomic E-state index is 3.56. The summed E-state index contributed by atoms with van der Waals surface area (Å²) >= 11 is 1.95. The van der Waals surface area contributed by atoms with E-state index in [1.54, 1.807) is 5.57 Å². The summed E-state index contributed by atoms with van der Waals surface area (Å²) in [5.41, 5.74) is 1.69. The monoisotopic (exact) mass is 183 g/mol. The smallest absolute Gasteiger partial charge is 0.0748 e. The summed E-state index contributed by atoms with van der Waals surface area (Å²) < 4.78 is 0. The molecule has 1 aliphatic heterocycles. The molecule has 0 aromatic rings. The van der Waals surface area contributed by atoms with Gasteiger partial charge in [0.15, 0.2) is 0 Å². The van der Waals surface area contributed by atoms with Crippen LogP contribution >= 0.6 is 11.8 Å². The first-order valence-electron chi connectivity index (χ1n) is 4.88. The Bertz CT molecular complexity index is 188. The van der Waals surface area contributed by atoms with E-state index >= 15 is 0 Å². The SMILES string of the molecule is CSC1NCCC2CCCC=C21. The summed E-state index contributed by atoms with van der Waals surface area (Å²) in [6.45, 7) is 1.22. The number of hydrogen-bond donors (Lipinski definition) is 1. The first-order chi connectivity index (χ1) is 5.92. The van der Waals surface area contributed by atoms with Gasteiger partial charge in [-0.05, 0) is 50.0 Å². The van der Waals surface area contributed by atoms with Crippen LogP contribution in [0.15, 0.2) is 11.6 Å². The first-order valence-corrected chi connectivity index (χ1v) is 6.16. The van der Waals surface area contributed by atoms with Gasteiger partial charge in [-0.3, -0.25) is 0 Å². The van der Waals surface area contributed by atoms with E-state index in [0.29, 0.717) is 5.37 Å². The lowest BCUT2D eigenvalue weighted by Gasteiger charge is -2.35. The van der Waals surface area contributed by atoms with Gasteiger partial charge in [0.1, 0.15) is 0 Å².